The zero-order valence-electron chi connectivity index (χ0n) is 23.6. The molecule has 3 aliphatic carbocycles. The van der Waals surface area contributed by atoms with E-state index < -0.39 is 53.3 Å². The van der Waals surface area contributed by atoms with Gasteiger partial charge in [-0.2, -0.15) is 39.5 Å². The van der Waals surface area contributed by atoms with Gasteiger partial charge in [-0.25, -0.2) is 0 Å². The Morgan fingerprint density at radius 1 is 0.875 bits per heavy atom. The van der Waals surface area contributed by atoms with E-state index in [0.717, 1.165) is 0 Å². The smallest absolute Gasteiger partial charge is 0.373 e. The Hall–Kier alpha value is -0.750. The summed E-state index contributed by atoms with van der Waals surface area (Å²) >= 11 is 0. The SMILES string of the molecule is CCCOC(C)OC1(C(F)(F)F)CCC(C(CC)CC(C)C23CCC(CC2C(O)(C(F)(F)F)C(F)(F)F)C3)CC1. The second-order valence-corrected chi connectivity index (χ2v) is 12.6. The van der Waals surface area contributed by atoms with Crippen molar-refractivity contribution in [1.29, 1.82) is 0 Å². The first-order chi connectivity index (χ1) is 18.3. The number of halogens is 9. The first kappa shape index (κ1) is 33.7. The Kier molecular flexibility index (Phi) is 9.90. The predicted molar refractivity (Wildman–Crippen MR) is 130 cm³/mol. The molecule has 3 fully saturated rings. The number of aliphatic hydroxyl groups is 1. The van der Waals surface area contributed by atoms with Crippen LogP contribution in [0.1, 0.15) is 98.3 Å². The molecule has 6 unspecified atom stereocenters. The minimum absolute atomic E-state index is 0.166. The highest BCUT2D eigenvalue weighted by atomic mass is 19.4. The van der Waals surface area contributed by atoms with Crippen molar-refractivity contribution in [1.82, 2.24) is 0 Å². The van der Waals surface area contributed by atoms with E-state index in [0.29, 0.717) is 25.7 Å². The zero-order chi connectivity index (χ0) is 30.4. The molecule has 6 atom stereocenters. The van der Waals surface area contributed by atoms with Gasteiger partial charge in [-0.1, -0.05) is 27.2 Å². The number of hydrogen-bond donors (Lipinski definition) is 1. The van der Waals surface area contributed by atoms with Crippen LogP contribution in [-0.2, 0) is 9.47 Å². The fraction of sp³-hybridized carbons (Fsp3) is 1.00. The summed E-state index contributed by atoms with van der Waals surface area (Å²) < 4.78 is 137. The lowest BCUT2D eigenvalue weighted by Gasteiger charge is -2.50. The van der Waals surface area contributed by atoms with E-state index in [2.05, 4.69) is 0 Å². The summed E-state index contributed by atoms with van der Waals surface area (Å²) in [6.07, 6.45) is -15.7. The van der Waals surface area contributed by atoms with E-state index in [4.69, 9.17) is 9.47 Å². The maximum absolute atomic E-state index is 14.2. The molecule has 40 heavy (non-hydrogen) atoms. The molecule has 0 radical (unpaired) electrons. The van der Waals surface area contributed by atoms with Crippen LogP contribution < -0.4 is 0 Å². The number of fused-ring (bicyclic) bond motifs is 2. The quantitative estimate of drug-likeness (QED) is 0.191. The fourth-order valence-electron chi connectivity index (χ4n) is 8.30. The molecule has 0 spiro atoms. The van der Waals surface area contributed by atoms with Gasteiger partial charge in [0.25, 0.3) is 5.60 Å². The van der Waals surface area contributed by atoms with Crippen LogP contribution in [0.25, 0.3) is 0 Å². The average Bonchev–Trinajstić information content (AvgIpc) is 3.44. The zero-order valence-corrected chi connectivity index (χ0v) is 23.6. The summed E-state index contributed by atoms with van der Waals surface area (Å²) in [4.78, 5) is 0. The molecule has 0 aromatic heterocycles. The van der Waals surface area contributed by atoms with Crippen molar-refractivity contribution in [3.8, 4) is 0 Å². The molecule has 0 aromatic carbocycles. The largest absolute Gasteiger partial charge is 0.426 e. The van der Waals surface area contributed by atoms with E-state index in [-0.39, 0.29) is 69.3 Å². The van der Waals surface area contributed by atoms with E-state index in [9.17, 15) is 44.6 Å². The maximum Gasteiger partial charge on any atom is 0.426 e. The predicted octanol–water partition coefficient (Wildman–Crippen LogP) is 8.98. The molecule has 0 amide bonds. The highest BCUT2D eigenvalue weighted by molar-refractivity contribution is 5.14. The maximum atomic E-state index is 14.2. The molecule has 3 nitrogen and oxygen atoms in total. The van der Waals surface area contributed by atoms with Crippen LogP contribution in [-0.4, -0.2) is 47.7 Å². The van der Waals surface area contributed by atoms with Crippen molar-refractivity contribution in [3.63, 3.8) is 0 Å². The summed E-state index contributed by atoms with van der Waals surface area (Å²) in [7, 11) is 0. The molecular formula is C28H43F9O3. The third-order valence-electron chi connectivity index (χ3n) is 10.4. The van der Waals surface area contributed by atoms with Crippen LogP contribution in [0.3, 0.4) is 0 Å². The summed E-state index contributed by atoms with van der Waals surface area (Å²) in [5, 5.41) is 10.3. The lowest BCUT2D eigenvalue weighted by atomic mass is 9.58. The molecule has 0 heterocycles. The number of alkyl halides is 9. The Morgan fingerprint density at radius 3 is 1.90 bits per heavy atom. The van der Waals surface area contributed by atoms with Crippen molar-refractivity contribution in [3.05, 3.63) is 0 Å². The second kappa shape index (κ2) is 11.7. The van der Waals surface area contributed by atoms with Gasteiger partial charge >= 0.3 is 18.5 Å². The van der Waals surface area contributed by atoms with E-state index in [1.165, 1.54) is 6.92 Å². The summed E-state index contributed by atoms with van der Waals surface area (Å²) in [5.74, 6) is -3.24. The first-order valence-corrected chi connectivity index (χ1v) is 14.5. The number of ether oxygens (including phenoxy) is 2. The minimum Gasteiger partial charge on any atom is -0.373 e. The number of hydrogen-bond acceptors (Lipinski definition) is 3. The van der Waals surface area contributed by atoms with Crippen LogP contribution in [0, 0.1) is 35.0 Å². The van der Waals surface area contributed by atoms with Crippen LogP contribution >= 0.6 is 0 Å². The molecule has 0 aliphatic heterocycles. The monoisotopic (exact) mass is 598 g/mol. The third kappa shape index (κ3) is 6.01. The van der Waals surface area contributed by atoms with Gasteiger partial charge in [0, 0.05) is 12.5 Å². The molecule has 2 bridgehead atoms. The van der Waals surface area contributed by atoms with E-state index >= 15 is 0 Å². The van der Waals surface area contributed by atoms with Gasteiger partial charge in [-0.15, -0.1) is 0 Å². The standard InChI is InChI=1S/C28H43F9O3/c1-5-13-39-18(4)40-24(26(29,30)31)11-8-21(9-12-24)20(6-2)14-17(3)23-10-7-19(16-23)15-22(23)25(38,27(32,33)34)28(35,36)37/h17-22,38H,5-16H2,1-4H3. The third-order valence-corrected chi connectivity index (χ3v) is 10.4. The van der Waals surface area contributed by atoms with Gasteiger partial charge in [0.05, 0.1) is 0 Å². The molecule has 3 aliphatic rings. The summed E-state index contributed by atoms with van der Waals surface area (Å²) in [5.41, 5.74) is -8.49. The number of rotatable bonds is 11. The Labute approximate surface area is 230 Å². The van der Waals surface area contributed by atoms with Gasteiger partial charge < -0.3 is 14.6 Å². The van der Waals surface area contributed by atoms with Crippen molar-refractivity contribution < 1.29 is 54.1 Å². The van der Waals surface area contributed by atoms with Crippen LogP contribution in [0.15, 0.2) is 0 Å². The van der Waals surface area contributed by atoms with E-state index in [1.54, 1.807) is 6.92 Å². The molecule has 0 saturated heterocycles. The van der Waals surface area contributed by atoms with Gasteiger partial charge in [0.15, 0.2) is 11.9 Å². The summed E-state index contributed by atoms with van der Waals surface area (Å²) in [6, 6.07) is 0. The Bertz CT molecular complexity index is 818. The molecule has 0 aromatic rings. The van der Waals surface area contributed by atoms with E-state index in [1.807, 2.05) is 13.8 Å². The Balaban J connectivity index is 1.78. The first-order valence-electron chi connectivity index (χ1n) is 14.5. The van der Waals surface area contributed by atoms with Crippen LogP contribution in [0.5, 0.6) is 0 Å². The molecule has 1 N–H and O–H groups in total. The van der Waals surface area contributed by atoms with Crippen LogP contribution in [0.2, 0.25) is 0 Å². The molecule has 3 saturated carbocycles. The van der Waals surface area contributed by atoms with Gasteiger partial charge in [0.1, 0.15) is 0 Å². The van der Waals surface area contributed by atoms with Gasteiger partial charge in [-0.3, -0.25) is 0 Å². The molecule has 12 heteroatoms. The average molecular weight is 599 g/mol. The van der Waals surface area contributed by atoms with Crippen molar-refractivity contribution >= 4 is 0 Å². The van der Waals surface area contributed by atoms with Crippen molar-refractivity contribution in [2.24, 2.45) is 35.0 Å². The molecular weight excluding hydrogens is 555 g/mol. The highest BCUT2D eigenvalue weighted by Gasteiger charge is 2.79. The summed E-state index contributed by atoms with van der Waals surface area (Å²) in [6.45, 7) is 7.03. The van der Waals surface area contributed by atoms with Crippen molar-refractivity contribution in [2.45, 2.75) is 134 Å². The lowest BCUT2D eigenvalue weighted by Crippen LogP contribution is -2.65. The van der Waals surface area contributed by atoms with Gasteiger partial charge in [0.2, 0.25) is 0 Å². The highest BCUT2D eigenvalue weighted by Crippen LogP contribution is 2.69. The van der Waals surface area contributed by atoms with Gasteiger partial charge in [-0.05, 0) is 100 Å². The molecule has 3 rings (SSSR count). The van der Waals surface area contributed by atoms with Crippen LogP contribution in [0.4, 0.5) is 39.5 Å². The second-order valence-electron chi connectivity index (χ2n) is 12.6. The minimum atomic E-state index is -5.88. The van der Waals surface area contributed by atoms with Crippen molar-refractivity contribution in [2.75, 3.05) is 6.61 Å². The molecule has 236 valence electrons. The fourth-order valence-corrected chi connectivity index (χ4v) is 8.30. The normalized spacial score (nSPS) is 34.2. The Morgan fingerprint density at radius 2 is 1.45 bits per heavy atom. The lowest BCUT2D eigenvalue weighted by molar-refractivity contribution is -0.395. The topological polar surface area (TPSA) is 38.7 Å².